The summed E-state index contributed by atoms with van der Waals surface area (Å²) in [6.07, 6.45) is -0.253. The molecule has 1 aliphatic heterocycles. The van der Waals surface area contributed by atoms with Gasteiger partial charge in [-0.05, 0) is 20.8 Å². The predicted octanol–water partition coefficient (Wildman–Crippen LogP) is 0.870. The van der Waals surface area contributed by atoms with Crippen molar-refractivity contribution >= 4 is 0 Å². The van der Waals surface area contributed by atoms with Gasteiger partial charge in [-0.2, -0.15) is 0 Å². The van der Waals surface area contributed by atoms with Crippen LogP contribution in [-0.2, 0) is 6.54 Å². The molecule has 0 unspecified atom stereocenters. The molecule has 0 bridgehead atoms. The summed E-state index contributed by atoms with van der Waals surface area (Å²) in [6, 6.07) is 2.47. The van der Waals surface area contributed by atoms with Crippen molar-refractivity contribution in [3.63, 3.8) is 0 Å². The summed E-state index contributed by atoms with van der Waals surface area (Å²) in [7, 11) is 0. The number of nitrogens with zero attached hydrogens (tertiary/aromatic N) is 3. The number of piperazine rings is 1. The Hall–Kier alpha value is -0.910. The van der Waals surface area contributed by atoms with Crippen LogP contribution in [0.15, 0.2) is 10.6 Å². The van der Waals surface area contributed by atoms with Gasteiger partial charge in [-0.1, -0.05) is 5.16 Å². The van der Waals surface area contributed by atoms with Crippen LogP contribution < -0.4 is 0 Å². The molecule has 0 saturated carbocycles. The Bertz CT molecular complexity index is 378. The maximum atomic E-state index is 9.45. The van der Waals surface area contributed by atoms with E-state index in [2.05, 4.69) is 21.9 Å². The smallest absolute Gasteiger partial charge is 0.133 e. The van der Waals surface area contributed by atoms with Crippen molar-refractivity contribution in [2.75, 3.05) is 26.2 Å². The topological polar surface area (TPSA) is 52.7 Å². The zero-order valence-corrected chi connectivity index (χ0v) is 11.5. The molecule has 0 aromatic carbocycles. The fourth-order valence-corrected chi connectivity index (χ4v) is 2.55. The van der Waals surface area contributed by atoms with E-state index in [1.807, 2.05) is 19.9 Å². The van der Waals surface area contributed by atoms with E-state index >= 15 is 0 Å². The molecule has 1 saturated heterocycles. The molecule has 1 aromatic heterocycles. The molecule has 18 heavy (non-hydrogen) atoms. The number of aliphatic hydroxyl groups excluding tert-OH is 1. The summed E-state index contributed by atoms with van der Waals surface area (Å²) >= 11 is 0. The fourth-order valence-electron chi connectivity index (χ4n) is 2.55. The average Bonchev–Trinajstić information content (AvgIpc) is 2.68. The van der Waals surface area contributed by atoms with Crippen molar-refractivity contribution in [3.8, 4) is 0 Å². The summed E-state index contributed by atoms with van der Waals surface area (Å²) in [5.74, 6) is 0.866. The monoisotopic (exact) mass is 253 g/mol. The summed E-state index contributed by atoms with van der Waals surface area (Å²) in [5.41, 5.74) is 1.00. The van der Waals surface area contributed by atoms with Crippen molar-refractivity contribution in [1.29, 1.82) is 0 Å². The van der Waals surface area contributed by atoms with Crippen LogP contribution in [0.5, 0.6) is 0 Å². The first-order valence-corrected chi connectivity index (χ1v) is 6.61. The first-order chi connectivity index (χ1) is 8.54. The number of aliphatic hydroxyl groups is 1. The van der Waals surface area contributed by atoms with E-state index in [4.69, 9.17) is 4.52 Å². The Balaban J connectivity index is 1.84. The highest BCUT2D eigenvalue weighted by atomic mass is 16.5. The van der Waals surface area contributed by atoms with E-state index in [9.17, 15) is 5.11 Å². The minimum Gasteiger partial charge on any atom is -0.392 e. The molecule has 5 nitrogen and oxygen atoms in total. The van der Waals surface area contributed by atoms with Gasteiger partial charge in [0, 0.05) is 44.8 Å². The highest BCUT2D eigenvalue weighted by Gasteiger charge is 2.24. The molecule has 102 valence electrons. The van der Waals surface area contributed by atoms with Crippen LogP contribution >= 0.6 is 0 Å². The average molecular weight is 253 g/mol. The maximum absolute atomic E-state index is 9.45. The Morgan fingerprint density at radius 1 is 1.56 bits per heavy atom. The molecule has 2 rings (SSSR count). The minimum atomic E-state index is -0.253. The van der Waals surface area contributed by atoms with E-state index in [1.165, 1.54) is 0 Å². The third-order valence-electron chi connectivity index (χ3n) is 3.41. The second-order valence-corrected chi connectivity index (χ2v) is 5.36. The molecular formula is C13H23N3O2. The van der Waals surface area contributed by atoms with E-state index in [0.29, 0.717) is 6.04 Å². The third kappa shape index (κ3) is 3.54. The van der Waals surface area contributed by atoms with Crippen LogP contribution in [0.3, 0.4) is 0 Å². The van der Waals surface area contributed by atoms with Gasteiger partial charge in [0.05, 0.1) is 11.8 Å². The Morgan fingerprint density at radius 3 is 2.89 bits per heavy atom. The van der Waals surface area contributed by atoms with Crippen LogP contribution in [-0.4, -0.2) is 58.4 Å². The molecule has 0 amide bonds. The zero-order valence-electron chi connectivity index (χ0n) is 11.5. The van der Waals surface area contributed by atoms with Gasteiger partial charge in [0.1, 0.15) is 5.76 Å². The molecule has 1 aliphatic rings. The van der Waals surface area contributed by atoms with Crippen molar-refractivity contribution in [2.45, 2.75) is 39.5 Å². The molecule has 5 heteroatoms. The van der Waals surface area contributed by atoms with Gasteiger partial charge in [0.25, 0.3) is 0 Å². The fraction of sp³-hybridized carbons (Fsp3) is 0.769. The minimum absolute atomic E-state index is 0.253. The van der Waals surface area contributed by atoms with Crippen molar-refractivity contribution < 1.29 is 9.63 Å². The first kappa shape index (κ1) is 13.5. The summed E-state index contributed by atoms with van der Waals surface area (Å²) in [4.78, 5) is 4.73. The molecule has 2 atom stereocenters. The van der Waals surface area contributed by atoms with Gasteiger partial charge in [0.15, 0.2) is 0 Å². The number of hydrogen-bond donors (Lipinski definition) is 1. The Labute approximate surface area is 108 Å². The van der Waals surface area contributed by atoms with Crippen LogP contribution in [0, 0.1) is 6.92 Å². The standard InChI is InChI=1S/C13H23N3O2/c1-10-7-15(4-5-16(10)8-11(2)17)9-13-6-12(3)18-14-13/h6,10-11,17H,4-5,7-9H2,1-3H3/t10-,11+/m0/s1. The highest BCUT2D eigenvalue weighted by Crippen LogP contribution is 2.13. The summed E-state index contributed by atoms with van der Waals surface area (Å²) in [5, 5.41) is 13.5. The van der Waals surface area contributed by atoms with E-state index in [-0.39, 0.29) is 6.10 Å². The van der Waals surface area contributed by atoms with Gasteiger partial charge in [0.2, 0.25) is 0 Å². The number of β-amino-alcohol motifs (C(OH)–C–C–N with tert-alkyl or cyclic N) is 1. The van der Waals surface area contributed by atoms with Gasteiger partial charge in [-0.3, -0.25) is 9.80 Å². The van der Waals surface area contributed by atoms with E-state index in [0.717, 1.165) is 44.2 Å². The predicted molar refractivity (Wildman–Crippen MR) is 69.2 cm³/mol. The van der Waals surface area contributed by atoms with Crippen molar-refractivity contribution in [1.82, 2.24) is 15.0 Å². The zero-order chi connectivity index (χ0) is 13.1. The molecule has 2 heterocycles. The van der Waals surface area contributed by atoms with Gasteiger partial charge in [-0.25, -0.2) is 0 Å². The van der Waals surface area contributed by atoms with Crippen LogP contribution in [0.1, 0.15) is 25.3 Å². The SMILES string of the molecule is Cc1cc(CN2CCN(C[C@@H](C)O)[C@@H](C)C2)no1. The molecule has 0 spiro atoms. The molecular weight excluding hydrogens is 230 g/mol. The number of aryl methyl sites for hydroxylation is 1. The Morgan fingerprint density at radius 2 is 2.33 bits per heavy atom. The lowest BCUT2D eigenvalue weighted by Gasteiger charge is -2.40. The lowest BCUT2D eigenvalue weighted by Crippen LogP contribution is -2.53. The molecule has 0 aliphatic carbocycles. The summed E-state index contributed by atoms with van der Waals surface area (Å²) < 4.78 is 5.09. The normalized spacial score (nSPS) is 24.3. The van der Waals surface area contributed by atoms with Gasteiger partial charge in [-0.15, -0.1) is 0 Å². The second-order valence-electron chi connectivity index (χ2n) is 5.36. The largest absolute Gasteiger partial charge is 0.392 e. The van der Waals surface area contributed by atoms with Crippen molar-refractivity contribution in [2.24, 2.45) is 0 Å². The Kier molecular flexibility index (Phi) is 4.37. The quantitative estimate of drug-likeness (QED) is 0.863. The van der Waals surface area contributed by atoms with Crippen LogP contribution in [0.25, 0.3) is 0 Å². The maximum Gasteiger partial charge on any atom is 0.133 e. The third-order valence-corrected chi connectivity index (χ3v) is 3.41. The lowest BCUT2D eigenvalue weighted by molar-refractivity contribution is 0.0415. The number of aromatic nitrogens is 1. The lowest BCUT2D eigenvalue weighted by atomic mass is 10.1. The van der Waals surface area contributed by atoms with Crippen molar-refractivity contribution in [3.05, 3.63) is 17.5 Å². The molecule has 1 fully saturated rings. The second kappa shape index (κ2) is 5.82. The molecule has 1 N–H and O–H groups in total. The first-order valence-electron chi connectivity index (χ1n) is 6.61. The number of rotatable bonds is 4. The van der Waals surface area contributed by atoms with Gasteiger partial charge < -0.3 is 9.63 Å². The van der Waals surface area contributed by atoms with Gasteiger partial charge >= 0.3 is 0 Å². The molecule has 0 radical (unpaired) electrons. The number of hydrogen-bond acceptors (Lipinski definition) is 5. The van der Waals surface area contributed by atoms with Crippen LogP contribution in [0.2, 0.25) is 0 Å². The summed E-state index contributed by atoms with van der Waals surface area (Å²) in [6.45, 7) is 10.6. The van der Waals surface area contributed by atoms with Crippen LogP contribution in [0.4, 0.5) is 0 Å². The molecule has 1 aromatic rings. The highest BCUT2D eigenvalue weighted by molar-refractivity contribution is 5.03. The van der Waals surface area contributed by atoms with E-state index < -0.39 is 0 Å². The van der Waals surface area contributed by atoms with E-state index in [1.54, 1.807) is 0 Å².